The van der Waals surface area contributed by atoms with Gasteiger partial charge in [-0.15, -0.1) is 11.8 Å². The minimum absolute atomic E-state index is 0.0146. The number of aliphatic hydroxyl groups excluding tert-OH is 2. The third-order valence-corrected chi connectivity index (χ3v) is 8.96. The standard InChI is InChI=1S/C30H55N3O7S2/c1-4-14-31-28(38)13-10-17-41-21-29(39)32-15-8-6-11-24(5-2)27(37)18-25(23(3)35)12-7-9-16-33-30(40)22-42-20-26(36)19-34/h24-26,34,36H,4-22H2,1-3H3,(H,31,38)(H,32,39)(H,33,40)/t24-,25+,26?/m0/s1. The van der Waals surface area contributed by atoms with Gasteiger partial charge < -0.3 is 26.2 Å². The lowest BCUT2D eigenvalue weighted by molar-refractivity contribution is -0.129. The molecular weight excluding hydrogens is 578 g/mol. The fourth-order valence-corrected chi connectivity index (χ4v) is 5.80. The van der Waals surface area contributed by atoms with Crippen LogP contribution in [0.1, 0.15) is 91.4 Å². The molecule has 0 fully saturated rings. The van der Waals surface area contributed by atoms with Crippen molar-refractivity contribution in [1.82, 2.24) is 16.0 Å². The van der Waals surface area contributed by atoms with Crippen LogP contribution < -0.4 is 16.0 Å². The first-order valence-corrected chi connectivity index (χ1v) is 17.7. The third kappa shape index (κ3) is 22.9. The van der Waals surface area contributed by atoms with Gasteiger partial charge in [-0.3, -0.25) is 24.0 Å². The molecule has 0 rings (SSSR count). The summed E-state index contributed by atoms with van der Waals surface area (Å²) >= 11 is 2.79. The van der Waals surface area contributed by atoms with Gasteiger partial charge in [0.2, 0.25) is 17.7 Å². The van der Waals surface area contributed by atoms with E-state index >= 15 is 0 Å². The van der Waals surface area contributed by atoms with Crippen LogP contribution in [0.5, 0.6) is 0 Å². The summed E-state index contributed by atoms with van der Waals surface area (Å²) in [4.78, 5) is 60.5. The van der Waals surface area contributed by atoms with E-state index in [2.05, 4.69) is 16.0 Å². The van der Waals surface area contributed by atoms with Crippen LogP contribution >= 0.6 is 23.5 Å². The van der Waals surface area contributed by atoms with E-state index in [9.17, 15) is 29.1 Å². The number of ketones is 2. The summed E-state index contributed by atoms with van der Waals surface area (Å²) in [6, 6.07) is 0. The third-order valence-electron chi connectivity index (χ3n) is 6.83. The number of hydrogen-bond donors (Lipinski definition) is 5. The average Bonchev–Trinajstić information content (AvgIpc) is 2.96. The van der Waals surface area contributed by atoms with Crippen molar-refractivity contribution < 1.29 is 34.2 Å². The van der Waals surface area contributed by atoms with Crippen molar-refractivity contribution in [2.45, 2.75) is 97.5 Å². The summed E-state index contributed by atoms with van der Waals surface area (Å²) in [5, 5.41) is 26.7. The molecule has 0 aliphatic rings. The molecule has 3 amide bonds. The Morgan fingerprint density at radius 2 is 1.31 bits per heavy atom. The van der Waals surface area contributed by atoms with Gasteiger partial charge in [-0.25, -0.2) is 0 Å². The highest BCUT2D eigenvalue weighted by molar-refractivity contribution is 8.00. The largest absolute Gasteiger partial charge is 0.394 e. The summed E-state index contributed by atoms with van der Waals surface area (Å²) in [6.07, 6.45) is 6.73. The molecule has 0 aromatic carbocycles. The fraction of sp³-hybridized carbons (Fsp3) is 0.833. The van der Waals surface area contributed by atoms with E-state index in [-0.39, 0.29) is 59.9 Å². The second kappa shape index (κ2) is 27.0. The van der Waals surface area contributed by atoms with Gasteiger partial charge in [0, 0.05) is 50.1 Å². The molecule has 42 heavy (non-hydrogen) atoms. The molecule has 0 spiro atoms. The van der Waals surface area contributed by atoms with Gasteiger partial charge in [-0.05, 0) is 57.6 Å². The van der Waals surface area contributed by atoms with E-state index in [1.165, 1.54) is 30.4 Å². The normalized spacial score (nSPS) is 13.2. The van der Waals surface area contributed by atoms with Crippen molar-refractivity contribution in [1.29, 1.82) is 0 Å². The quantitative estimate of drug-likeness (QED) is 0.0816. The Hall–Kier alpha value is -1.63. The number of hydrogen-bond acceptors (Lipinski definition) is 9. The Morgan fingerprint density at radius 1 is 0.738 bits per heavy atom. The van der Waals surface area contributed by atoms with Crippen LogP contribution in [-0.2, 0) is 24.0 Å². The zero-order valence-electron chi connectivity index (χ0n) is 25.9. The van der Waals surface area contributed by atoms with Crippen LogP contribution in [0.3, 0.4) is 0 Å². The van der Waals surface area contributed by atoms with Crippen molar-refractivity contribution in [2.75, 3.05) is 49.3 Å². The summed E-state index contributed by atoms with van der Waals surface area (Å²) in [5.41, 5.74) is 0. The number of Topliss-reactive ketones (excluding diaryl/α,β-unsaturated/α-hetero) is 2. The van der Waals surface area contributed by atoms with Crippen molar-refractivity contribution in [3.05, 3.63) is 0 Å². The highest BCUT2D eigenvalue weighted by Crippen LogP contribution is 2.22. The van der Waals surface area contributed by atoms with E-state index in [1.54, 1.807) is 0 Å². The van der Waals surface area contributed by atoms with Gasteiger partial charge in [0.1, 0.15) is 11.6 Å². The van der Waals surface area contributed by atoms with Crippen molar-refractivity contribution in [3.63, 3.8) is 0 Å². The number of unbranched alkanes of at least 4 members (excludes halogenated alkanes) is 2. The molecule has 0 saturated heterocycles. The number of carbonyl (C=O) groups excluding carboxylic acids is 5. The van der Waals surface area contributed by atoms with E-state index in [4.69, 9.17) is 5.11 Å². The highest BCUT2D eigenvalue weighted by atomic mass is 32.2. The summed E-state index contributed by atoms with van der Waals surface area (Å²) in [7, 11) is 0. The lowest BCUT2D eigenvalue weighted by Gasteiger charge is -2.18. The Bertz CT molecular complexity index is 786. The van der Waals surface area contributed by atoms with Crippen LogP contribution in [0.15, 0.2) is 0 Å². The van der Waals surface area contributed by atoms with Crippen LogP contribution in [0.25, 0.3) is 0 Å². The number of amides is 3. The molecule has 5 N–H and O–H groups in total. The van der Waals surface area contributed by atoms with E-state index in [1.807, 2.05) is 13.8 Å². The molecule has 0 aromatic heterocycles. The summed E-state index contributed by atoms with van der Waals surface area (Å²) in [6.45, 7) is 6.97. The monoisotopic (exact) mass is 633 g/mol. The molecule has 1 unspecified atom stereocenters. The first-order chi connectivity index (χ1) is 20.1. The molecule has 0 aromatic rings. The highest BCUT2D eigenvalue weighted by Gasteiger charge is 2.23. The number of thioether (sulfide) groups is 2. The molecule has 0 saturated carbocycles. The second-order valence-corrected chi connectivity index (χ2v) is 12.8. The second-order valence-electron chi connectivity index (χ2n) is 10.6. The Morgan fingerprint density at radius 3 is 1.86 bits per heavy atom. The number of nitrogens with one attached hydrogen (secondary N) is 3. The molecular formula is C30H55N3O7S2. The molecule has 0 aliphatic heterocycles. The lowest BCUT2D eigenvalue weighted by atomic mass is 9.85. The lowest BCUT2D eigenvalue weighted by Crippen LogP contribution is -2.27. The summed E-state index contributed by atoms with van der Waals surface area (Å²) in [5.74, 6) is 1.32. The number of carbonyl (C=O) groups is 5. The van der Waals surface area contributed by atoms with Gasteiger partial charge >= 0.3 is 0 Å². The zero-order valence-corrected chi connectivity index (χ0v) is 27.6. The Kier molecular flexibility index (Phi) is 25.9. The van der Waals surface area contributed by atoms with Gasteiger partial charge in [-0.2, -0.15) is 11.8 Å². The molecule has 12 heteroatoms. The van der Waals surface area contributed by atoms with Crippen LogP contribution in [0.4, 0.5) is 0 Å². The topological polar surface area (TPSA) is 162 Å². The zero-order chi connectivity index (χ0) is 31.6. The first kappa shape index (κ1) is 40.4. The molecule has 0 bridgehead atoms. The maximum absolute atomic E-state index is 12.9. The van der Waals surface area contributed by atoms with Crippen LogP contribution in [0, 0.1) is 11.8 Å². The summed E-state index contributed by atoms with van der Waals surface area (Å²) < 4.78 is 0. The minimum atomic E-state index is -0.822. The van der Waals surface area contributed by atoms with Gasteiger partial charge in [0.25, 0.3) is 0 Å². The number of rotatable bonds is 28. The maximum atomic E-state index is 12.9. The fourth-order valence-electron chi connectivity index (χ4n) is 4.23. The maximum Gasteiger partial charge on any atom is 0.229 e. The Balaban J connectivity index is 4.08. The molecule has 0 heterocycles. The van der Waals surface area contributed by atoms with Gasteiger partial charge in [-0.1, -0.05) is 26.7 Å². The van der Waals surface area contributed by atoms with Gasteiger partial charge in [0.15, 0.2) is 0 Å². The predicted molar refractivity (Wildman–Crippen MR) is 172 cm³/mol. The molecule has 3 atom stereocenters. The van der Waals surface area contributed by atoms with E-state index < -0.39 is 6.10 Å². The SMILES string of the molecule is CCCNC(=O)CCCSCC(=O)NCCCC[C@H](CC)C(=O)C[C@@H](CCCCNC(=O)CSCC(O)CO)C(C)=O. The first-order valence-electron chi connectivity index (χ1n) is 15.4. The molecule has 10 nitrogen and oxygen atoms in total. The van der Waals surface area contributed by atoms with Crippen LogP contribution in [-0.4, -0.2) is 94.9 Å². The van der Waals surface area contributed by atoms with Crippen molar-refractivity contribution in [3.8, 4) is 0 Å². The number of aliphatic hydroxyl groups is 2. The van der Waals surface area contributed by atoms with Crippen molar-refractivity contribution in [2.24, 2.45) is 11.8 Å². The van der Waals surface area contributed by atoms with E-state index in [0.717, 1.165) is 50.7 Å². The smallest absolute Gasteiger partial charge is 0.229 e. The predicted octanol–water partition coefficient (Wildman–Crippen LogP) is 2.88. The molecule has 0 radical (unpaired) electrons. The van der Waals surface area contributed by atoms with Crippen molar-refractivity contribution >= 4 is 52.8 Å². The molecule has 244 valence electrons. The average molecular weight is 634 g/mol. The van der Waals surface area contributed by atoms with E-state index in [0.29, 0.717) is 50.4 Å². The van der Waals surface area contributed by atoms with Crippen LogP contribution in [0.2, 0.25) is 0 Å². The minimum Gasteiger partial charge on any atom is -0.394 e. The Labute approximate surface area is 261 Å². The van der Waals surface area contributed by atoms with Gasteiger partial charge in [0.05, 0.1) is 24.2 Å². The molecule has 0 aliphatic carbocycles.